The first kappa shape index (κ1) is 15.0. The molecule has 0 aliphatic heterocycles. The second-order valence-electron chi connectivity index (χ2n) is 6.06. The first-order chi connectivity index (χ1) is 8.22. The zero-order valence-corrected chi connectivity index (χ0v) is 12.0. The molecule has 0 spiro atoms. The third-order valence-corrected chi connectivity index (χ3v) is 4.50. The van der Waals surface area contributed by atoms with Crippen molar-refractivity contribution in [2.24, 2.45) is 23.6 Å². The molecule has 0 saturated heterocycles. The maximum Gasteiger partial charge on any atom is 0.0267 e. The quantitative estimate of drug-likeness (QED) is 0.524. The van der Waals surface area contributed by atoms with E-state index in [9.17, 15) is 0 Å². The van der Waals surface area contributed by atoms with E-state index in [0.29, 0.717) is 6.04 Å². The molecule has 1 saturated carbocycles. The molecule has 3 atom stereocenters. The summed E-state index contributed by atoms with van der Waals surface area (Å²) in [4.78, 5) is 0. The molecule has 2 heteroatoms. The molecule has 0 bridgehead atoms. The summed E-state index contributed by atoms with van der Waals surface area (Å²) >= 11 is 0. The summed E-state index contributed by atoms with van der Waals surface area (Å²) in [6.45, 7) is 6.98. The van der Waals surface area contributed by atoms with E-state index in [1.165, 1.54) is 51.4 Å². The first-order valence-corrected chi connectivity index (χ1v) is 7.69. The minimum absolute atomic E-state index is 0.553. The monoisotopic (exact) mass is 240 g/mol. The van der Waals surface area contributed by atoms with Gasteiger partial charge in [0.15, 0.2) is 0 Å². The normalized spacial score (nSPS) is 27.4. The summed E-state index contributed by atoms with van der Waals surface area (Å²) in [6.07, 6.45) is 10.8. The molecule has 0 aromatic heterocycles. The SMILES string of the molecule is CCCC(CCC)C(NN)C1CCCC(C)C1. The maximum atomic E-state index is 5.86. The van der Waals surface area contributed by atoms with E-state index >= 15 is 0 Å². The van der Waals surface area contributed by atoms with Crippen molar-refractivity contribution in [1.82, 2.24) is 5.43 Å². The van der Waals surface area contributed by atoms with E-state index in [4.69, 9.17) is 5.84 Å². The molecule has 0 heterocycles. The Hall–Kier alpha value is -0.0800. The highest BCUT2D eigenvalue weighted by Gasteiger charge is 2.30. The highest BCUT2D eigenvalue weighted by Crippen LogP contribution is 2.35. The van der Waals surface area contributed by atoms with E-state index in [-0.39, 0.29) is 0 Å². The van der Waals surface area contributed by atoms with E-state index in [1.807, 2.05) is 0 Å². The predicted octanol–water partition coefficient (Wildman–Crippen LogP) is 3.86. The van der Waals surface area contributed by atoms with Crippen molar-refractivity contribution >= 4 is 0 Å². The average Bonchev–Trinajstić information content (AvgIpc) is 2.31. The van der Waals surface area contributed by atoms with Gasteiger partial charge < -0.3 is 0 Å². The van der Waals surface area contributed by atoms with E-state index in [0.717, 1.165) is 17.8 Å². The second kappa shape index (κ2) is 8.10. The zero-order valence-electron chi connectivity index (χ0n) is 12.0. The smallest absolute Gasteiger partial charge is 0.0267 e. The predicted molar refractivity (Wildman–Crippen MR) is 75.5 cm³/mol. The number of hydrazine groups is 1. The fraction of sp³-hybridized carbons (Fsp3) is 1.00. The number of hydrogen-bond donors (Lipinski definition) is 2. The van der Waals surface area contributed by atoms with Gasteiger partial charge in [0.1, 0.15) is 0 Å². The molecule has 0 aromatic carbocycles. The average molecular weight is 240 g/mol. The molecule has 0 radical (unpaired) electrons. The Morgan fingerprint density at radius 1 is 1.18 bits per heavy atom. The Bertz CT molecular complexity index is 183. The number of nitrogens with two attached hydrogens (primary N) is 1. The van der Waals surface area contributed by atoms with Gasteiger partial charge in [0.05, 0.1) is 0 Å². The van der Waals surface area contributed by atoms with Gasteiger partial charge in [-0.15, -0.1) is 0 Å². The van der Waals surface area contributed by atoms with Crippen molar-refractivity contribution < 1.29 is 0 Å². The minimum Gasteiger partial charge on any atom is -0.271 e. The summed E-state index contributed by atoms with van der Waals surface area (Å²) in [5.74, 6) is 8.35. The highest BCUT2D eigenvalue weighted by molar-refractivity contribution is 4.85. The van der Waals surface area contributed by atoms with Crippen LogP contribution in [0.1, 0.15) is 72.1 Å². The summed E-state index contributed by atoms with van der Waals surface area (Å²) < 4.78 is 0. The molecule has 3 unspecified atom stereocenters. The van der Waals surface area contributed by atoms with Crippen LogP contribution in [0, 0.1) is 17.8 Å². The van der Waals surface area contributed by atoms with Crippen LogP contribution in [0.15, 0.2) is 0 Å². The molecule has 1 rings (SSSR count). The molecule has 3 N–H and O–H groups in total. The molecule has 102 valence electrons. The van der Waals surface area contributed by atoms with Crippen molar-refractivity contribution in [3.8, 4) is 0 Å². The van der Waals surface area contributed by atoms with Crippen LogP contribution < -0.4 is 11.3 Å². The minimum atomic E-state index is 0.553. The van der Waals surface area contributed by atoms with Crippen molar-refractivity contribution in [3.63, 3.8) is 0 Å². The van der Waals surface area contributed by atoms with Crippen LogP contribution in [0.2, 0.25) is 0 Å². The van der Waals surface area contributed by atoms with Crippen LogP contribution in [0.3, 0.4) is 0 Å². The van der Waals surface area contributed by atoms with Crippen LogP contribution in [-0.2, 0) is 0 Å². The number of nitrogens with one attached hydrogen (secondary N) is 1. The summed E-state index contributed by atoms with van der Waals surface area (Å²) in [5.41, 5.74) is 3.16. The lowest BCUT2D eigenvalue weighted by atomic mass is 9.73. The first-order valence-electron chi connectivity index (χ1n) is 7.69. The fourth-order valence-corrected chi connectivity index (χ4v) is 3.71. The topological polar surface area (TPSA) is 38.0 Å². The third kappa shape index (κ3) is 4.59. The van der Waals surface area contributed by atoms with Gasteiger partial charge in [0.25, 0.3) is 0 Å². The molecule has 1 aliphatic carbocycles. The van der Waals surface area contributed by atoms with E-state index in [2.05, 4.69) is 26.2 Å². The molecule has 1 aliphatic rings. The fourth-order valence-electron chi connectivity index (χ4n) is 3.71. The van der Waals surface area contributed by atoms with Gasteiger partial charge in [0, 0.05) is 6.04 Å². The van der Waals surface area contributed by atoms with Gasteiger partial charge in [-0.25, -0.2) is 0 Å². The van der Waals surface area contributed by atoms with E-state index < -0.39 is 0 Å². The third-order valence-electron chi connectivity index (χ3n) is 4.50. The number of hydrogen-bond acceptors (Lipinski definition) is 2. The van der Waals surface area contributed by atoms with Gasteiger partial charge in [-0.3, -0.25) is 11.3 Å². The summed E-state index contributed by atoms with van der Waals surface area (Å²) in [5, 5.41) is 0. The molecule has 2 nitrogen and oxygen atoms in total. The summed E-state index contributed by atoms with van der Waals surface area (Å²) in [6, 6.07) is 0.553. The van der Waals surface area contributed by atoms with Crippen molar-refractivity contribution in [3.05, 3.63) is 0 Å². The van der Waals surface area contributed by atoms with Crippen molar-refractivity contribution in [2.45, 2.75) is 78.2 Å². The van der Waals surface area contributed by atoms with Gasteiger partial charge >= 0.3 is 0 Å². The molecule has 17 heavy (non-hydrogen) atoms. The Morgan fingerprint density at radius 3 is 2.29 bits per heavy atom. The lowest BCUT2D eigenvalue weighted by Gasteiger charge is -2.37. The summed E-state index contributed by atoms with van der Waals surface area (Å²) in [7, 11) is 0. The standard InChI is InChI=1S/C15H32N2/c1-4-7-13(8-5-2)15(17-16)14-10-6-9-12(3)11-14/h12-15,17H,4-11,16H2,1-3H3. The number of rotatable bonds is 7. The molecule has 0 aromatic rings. The Morgan fingerprint density at radius 2 is 1.82 bits per heavy atom. The van der Waals surface area contributed by atoms with Crippen LogP contribution in [0.4, 0.5) is 0 Å². The van der Waals surface area contributed by atoms with Crippen LogP contribution in [0.5, 0.6) is 0 Å². The molecular formula is C15H32N2. The molecular weight excluding hydrogens is 208 g/mol. The zero-order chi connectivity index (χ0) is 12.7. The molecule has 0 amide bonds. The Labute approximate surface area is 108 Å². The van der Waals surface area contributed by atoms with Crippen molar-refractivity contribution in [1.29, 1.82) is 0 Å². The Kier molecular flexibility index (Phi) is 7.14. The lowest BCUT2D eigenvalue weighted by molar-refractivity contribution is 0.164. The largest absolute Gasteiger partial charge is 0.271 e. The van der Waals surface area contributed by atoms with Crippen molar-refractivity contribution in [2.75, 3.05) is 0 Å². The van der Waals surface area contributed by atoms with Gasteiger partial charge in [-0.1, -0.05) is 46.5 Å². The highest BCUT2D eigenvalue weighted by atomic mass is 15.2. The maximum absolute atomic E-state index is 5.86. The van der Waals surface area contributed by atoms with E-state index in [1.54, 1.807) is 0 Å². The lowest BCUT2D eigenvalue weighted by Crippen LogP contribution is -2.47. The Balaban J connectivity index is 2.58. The van der Waals surface area contributed by atoms with Gasteiger partial charge in [-0.2, -0.15) is 0 Å². The van der Waals surface area contributed by atoms with Crippen LogP contribution in [-0.4, -0.2) is 6.04 Å². The van der Waals surface area contributed by atoms with Gasteiger partial charge in [0.2, 0.25) is 0 Å². The van der Waals surface area contributed by atoms with Gasteiger partial charge in [-0.05, 0) is 43.4 Å². The molecule has 1 fully saturated rings. The second-order valence-corrected chi connectivity index (χ2v) is 6.06. The van der Waals surface area contributed by atoms with Crippen LogP contribution in [0.25, 0.3) is 0 Å². The van der Waals surface area contributed by atoms with Crippen LogP contribution >= 0.6 is 0 Å².